The van der Waals surface area contributed by atoms with Gasteiger partial charge >= 0.3 is 0 Å². The molecule has 1 aliphatic rings. The van der Waals surface area contributed by atoms with Crippen molar-refractivity contribution in [3.8, 4) is 0 Å². The molecule has 0 aliphatic heterocycles. The molecule has 0 radical (unpaired) electrons. The van der Waals surface area contributed by atoms with Crippen LogP contribution in [0.2, 0.25) is 5.02 Å². The number of halogens is 1. The first kappa shape index (κ1) is 15.2. The number of hydrogen-bond acceptors (Lipinski definition) is 2. The van der Waals surface area contributed by atoms with Gasteiger partial charge in [-0.25, -0.2) is 0 Å². The fourth-order valence-electron chi connectivity index (χ4n) is 2.97. The summed E-state index contributed by atoms with van der Waals surface area (Å²) in [6.07, 6.45) is 7.03. The van der Waals surface area contributed by atoms with Crippen molar-refractivity contribution in [2.75, 3.05) is 12.8 Å². The first-order valence-electron chi connectivity index (χ1n) is 7.21. The average molecular weight is 298 g/mol. The normalized spacial score (nSPS) is 18.6. The quantitative estimate of drug-likeness (QED) is 0.806. The predicted octanol–water partition coefficient (Wildman–Crippen LogP) is 4.84. The Hall–Kier alpha value is -0.180. The van der Waals surface area contributed by atoms with E-state index in [1.807, 2.05) is 17.8 Å². The second-order valence-corrected chi connectivity index (χ2v) is 7.12. The molecule has 0 bridgehead atoms. The van der Waals surface area contributed by atoms with Gasteiger partial charge in [0.2, 0.25) is 0 Å². The lowest BCUT2D eigenvalue weighted by Crippen LogP contribution is -2.38. The molecule has 0 amide bonds. The zero-order valence-corrected chi connectivity index (χ0v) is 13.7. The van der Waals surface area contributed by atoms with E-state index in [4.69, 9.17) is 11.6 Å². The van der Waals surface area contributed by atoms with E-state index in [-0.39, 0.29) is 0 Å². The molecule has 1 atom stereocenters. The summed E-state index contributed by atoms with van der Waals surface area (Å²) in [6, 6.07) is 6.85. The molecule has 2 rings (SSSR count). The van der Waals surface area contributed by atoms with Gasteiger partial charge in [-0.1, -0.05) is 31.5 Å². The van der Waals surface area contributed by atoms with Crippen LogP contribution in [0.25, 0.3) is 0 Å². The summed E-state index contributed by atoms with van der Waals surface area (Å²) in [7, 11) is 0. The Labute approximate surface area is 126 Å². The summed E-state index contributed by atoms with van der Waals surface area (Å²) in [5.74, 6) is 0. The maximum Gasteiger partial charge on any atom is 0.0408 e. The number of fused-ring (bicyclic) bond motifs is 1. The minimum Gasteiger partial charge on any atom is -0.309 e. The van der Waals surface area contributed by atoms with Crippen LogP contribution in [0.4, 0.5) is 0 Å². The van der Waals surface area contributed by atoms with Crippen LogP contribution in [0, 0.1) is 0 Å². The number of aryl methyl sites for hydroxylation is 1. The molecule has 0 saturated heterocycles. The van der Waals surface area contributed by atoms with Gasteiger partial charge in [0.25, 0.3) is 0 Å². The molecule has 1 aromatic carbocycles. The standard InChI is InChI=1S/C16H24ClNS/c1-4-16(5-2,19-3)11-18-15-9-6-12-10-13(17)7-8-14(12)15/h7-8,10,15,18H,4-6,9,11H2,1-3H3. The van der Waals surface area contributed by atoms with Gasteiger partial charge in [0.15, 0.2) is 0 Å². The van der Waals surface area contributed by atoms with E-state index in [2.05, 4.69) is 37.6 Å². The maximum atomic E-state index is 6.06. The molecule has 0 spiro atoms. The fourth-order valence-corrected chi connectivity index (χ4v) is 3.97. The van der Waals surface area contributed by atoms with E-state index < -0.39 is 0 Å². The molecule has 1 aliphatic carbocycles. The van der Waals surface area contributed by atoms with Crippen LogP contribution in [0.15, 0.2) is 18.2 Å². The molecule has 0 heterocycles. The zero-order valence-electron chi connectivity index (χ0n) is 12.1. The third kappa shape index (κ3) is 3.29. The highest BCUT2D eigenvalue weighted by atomic mass is 35.5. The van der Waals surface area contributed by atoms with E-state index in [1.54, 1.807) is 0 Å². The van der Waals surface area contributed by atoms with E-state index in [9.17, 15) is 0 Å². The molecular formula is C16H24ClNS. The highest BCUT2D eigenvalue weighted by molar-refractivity contribution is 8.00. The van der Waals surface area contributed by atoms with Crippen molar-refractivity contribution in [2.45, 2.75) is 50.3 Å². The fraction of sp³-hybridized carbons (Fsp3) is 0.625. The van der Waals surface area contributed by atoms with Crippen molar-refractivity contribution >= 4 is 23.4 Å². The lowest BCUT2D eigenvalue weighted by atomic mass is 10.0. The first-order chi connectivity index (χ1) is 9.14. The number of hydrogen-bond donors (Lipinski definition) is 1. The van der Waals surface area contributed by atoms with E-state index >= 15 is 0 Å². The SMILES string of the molecule is CCC(CC)(CNC1CCc2cc(Cl)ccc21)SC. The number of benzene rings is 1. The van der Waals surface area contributed by atoms with Gasteiger partial charge in [0.1, 0.15) is 0 Å². The molecule has 106 valence electrons. The predicted molar refractivity (Wildman–Crippen MR) is 87.3 cm³/mol. The third-order valence-corrected chi connectivity index (χ3v) is 6.40. The van der Waals surface area contributed by atoms with Gasteiger partial charge in [-0.05, 0) is 55.2 Å². The van der Waals surface area contributed by atoms with Crippen LogP contribution >= 0.6 is 23.4 Å². The summed E-state index contributed by atoms with van der Waals surface area (Å²) >= 11 is 8.07. The largest absolute Gasteiger partial charge is 0.309 e. The first-order valence-corrected chi connectivity index (χ1v) is 8.81. The van der Waals surface area contributed by atoms with Gasteiger partial charge in [0.05, 0.1) is 0 Å². The monoisotopic (exact) mass is 297 g/mol. The molecule has 1 aromatic rings. The lowest BCUT2D eigenvalue weighted by molar-refractivity contribution is 0.443. The summed E-state index contributed by atoms with van der Waals surface area (Å²) < 4.78 is 0.384. The number of nitrogens with one attached hydrogen (secondary N) is 1. The van der Waals surface area contributed by atoms with Gasteiger partial charge in [-0.3, -0.25) is 0 Å². The average Bonchev–Trinajstić information content (AvgIpc) is 2.83. The summed E-state index contributed by atoms with van der Waals surface area (Å²) in [5.41, 5.74) is 2.87. The van der Waals surface area contributed by atoms with Crippen LogP contribution in [-0.2, 0) is 6.42 Å². The Morgan fingerprint density at radius 1 is 1.37 bits per heavy atom. The van der Waals surface area contributed by atoms with Crippen molar-refractivity contribution in [2.24, 2.45) is 0 Å². The topological polar surface area (TPSA) is 12.0 Å². The minimum absolute atomic E-state index is 0.384. The van der Waals surface area contributed by atoms with Crippen LogP contribution in [0.3, 0.4) is 0 Å². The number of rotatable bonds is 6. The smallest absolute Gasteiger partial charge is 0.0408 e. The second kappa shape index (κ2) is 6.51. The van der Waals surface area contributed by atoms with E-state index in [1.165, 1.54) is 30.4 Å². The minimum atomic E-state index is 0.384. The van der Waals surface area contributed by atoms with E-state index in [0.29, 0.717) is 10.8 Å². The summed E-state index contributed by atoms with van der Waals surface area (Å²) in [4.78, 5) is 0. The Balaban J connectivity index is 2.03. The summed E-state index contributed by atoms with van der Waals surface area (Å²) in [5, 5.41) is 4.65. The van der Waals surface area contributed by atoms with Crippen LogP contribution < -0.4 is 5.32 Å². The number of thioether (sulfide) groups is 1. The molecule has 1 nitrogen and oxygen atoms in total. The molecule has 3 heteroatoms. The molecule has 0 fully saturated rings. The van der Waals surface area contributed by atoms with Gasteiger partial charge < -0.3 is 5.32 Å². The van der Waals surface area contributed by atoms with Gasteiger partial charge in [-0.15, -0.1) is 0 Å². The Morgan fingerprint density at radius 3 is 2.74 bits per heavy atom. The second-order valence-electron chi connectivity index (χ2n) is 5.41. The third-order valence-electron chi connectivity index (χ3n) is 4.58. The van der Waals surface area contributed by atoms with Gasteiger partial charge in [0, 0.05) is 22.4 Å². The van der Waals surface area contributed by atoms with Crippen molar-refractivity contribution in [1.82, 2.24) is 5.32 Å². The lowest BCUT2D eigenvalue weighted by Gasteiger charge is -2.31. The molecule has 1 N–H and O–H groups in total. The van der Waals surface area contributed by atoms with Crippen molar-refractivity contribution in [3.63, 3.8) is 0 Å². The molecule has 1 unspecified atom stereocenters. The van der Waals surface area contributed by atoms with Crippen LogP contribution in [-0.4, -0.2) is 17.5 Å². The van der Waals surface area contributed by atoms with Crippen molar-refractivity contribution in [3.05, 3.63) is 34.3 Å². The molecule has 0 saturated carbocycles. The molecular weight excluding hydrogens is 274 g/mol. The maximum absolute atomic E-state index is 6.06. The van der Waals surface area contributed by atoms with Crippen LogP contribution in [0.1, 0.15) is 50.3 Å². The van der Waals surface area contributed by atoms with Crippen molar-refractivity contribution < 1.29 is 0 Å². The van der Waals surface area contributed by atoms with Crippen molar-refractivity contribution in [1.29, 1.82) is 0 Å². The highest BCUT2D eigenvalue weighted by Gasteiger charge is 2.28. The van der Waals surface area contributed by atoms with E-state index in [0.717, 1.165) is 18.0 Å². The Bertz CT molecular complexity index is 420. The Morgan fingerprint density at radius 2 is 2.11 bits per heavy atom. The Kier molecular flexibility index (Phi) is 5.22. The zero-order chi connectivity index (χ0) is 13.9. The molecule has 19 heavy (non-hydrogen) atoms. The molecule has 0 aromatic heterocycles. The summed E-state index contributed by atoms with van der Waals surface area (Å²) in [6.45, 7) is 5.68. The van der Waals surface area contributed by atoms with Crippen LogP contribution in [0.5, 0.6) is 0 Å². The highest BCUT2D eigenvalue weighted by Crippen LogP contribution is 2.35. The van der Waals surface area contributed by atoms with Gasteiger partial charge in [-0.2, -0.15) is 11.8 Å².